The van der Waals surface area contributed by atoms with E-state index in [0.29, 0.717) is 48.9 Å². The molecule has 1 atom stereocenters. The van der Waals surface area contributed by atoms with Crippen molar-refractivity contribution in [2.24, 2.45) is 5.92 Å². The summed E-state index contributed by atoms with van der Waals surface area (Å²) in [5.74, 6) is -0.518. The number of carbonyl (C=O) groups is 2. The molecule has 3 aromatic rings. The molecule has 1 aliphatic heterocycles. The van der Waals surface area contributed by atoms with E-state index in [1.807, 2.05) is 29.1 Å². The van der Waals surface area contributed by atoms with Crippen LogP contribution in [0.2, 0.25) is 0 Å². The number of halogens is 1. The molecular weight excluding hydrogens is 399 g/mol. The summed E-state index contributed by atoms with van der Waals surface area (Å²) in [7, 11) is 0. The number of nitrogens with zero attached hydrogens (tertiary/aromatic N) is 4. The molecule has 1 saturated heterocycles. The number of aromatic nitrogens is 3. The number of aryl methyl sites for hydroxylation is 1. The molecule has 4 rings (SSSR count). The second kappa shape index (κ2) is 8.75. The summed E-state index contributed by atoms with van der Waals surface area (Å²) in [6, 6.07) is 9.71. The first-order chi connectivity index (χ1) is 15.0. The van der Waals surface area contributed by atoms with E-state index in [2.05, 4.69) is 5.10 Å². The predicted octanol–water partition coefficient (Wildman–Crippen LogP) is 3.53. The molecule has 1 aromatic carbocycles. The number of ether oxygens (including phenoxy) is 1. The first-order valence-corrected chi connectivity index (χ1v) is 10.4. The highest BCUT2D eigenvalue weighted by atomic mass is 19.1. The molecule has 31 heavy (non-hydrogen) atoms. The fourth-order valence-corrected chi connectivity index (χ4v) is 4.01. The Hall–Kier alpha value is -3.42. The second-order valence-corrected chi connectivity index (χ2v) is 7.60. The number of benzene rings is 1. The van der Waals surface area contributed by atoms with Gasteiger partial charge in [0.2, 0.25) is 0 Å². The number of likely N-dealkylation sites (tertiary alicyclic amines) is 1. The van der Waals surface area contributed by atoms with Crippen LogP contribution in [0.3, 0.4) is 0 Å². The number of hydrogen-bond acceptors (Lipinski definition) is 4. The van der Waals surface area contributed by atoms with Gasteiger partial charge < -0.3 is 14.2 Å². The molecule has 0 bridgehead atoms. The average molecular weight is 424 g/mol. The van der Waals surface area contributed by atoms with Crippen molar-refractivity contribution in [3.8, 4) is 11.5 Å². The maximum atomic E-state index is 13.6. The molecule has 0 spiro atoms. The van der Waals surface area contributed by atoms with Gasteiger partial charge in [-0.15, -0.1) is 0 Å². The van der Waals surface area contributed by atoms with Gasteiger partial charge in [0, 0.05) is 25.5 Å². The van der Waals surface area contributed by atoms with E-state index in [9.17, 15) is 14.0 Å². The average Bonchev–Trinajstić information content (AvgIpc) is 3.42. The van der Waals surface area contributed by atoms with Crippen LogP contribution >= 0.6 is 0 Å². The lowest BCUT2D eigenvalue weighted by molar-refractivity contribution is -0.149. The third-order valence-electron chi connectivity index (χ3n) is 5.50. The molecule has 0 aliphatic carbocycles. The Morgan fingerprint density at radius 3 is 2.58 bits per heavy atom. The number of carbonyl (C=O) groups excluding carboxylic acids is 2. The summed E-state index contributed by atoms with van der Waals surface area (Å²) >= 11 is 0. The number of esters is 1. The highest BCUT2D eigenvalue weighted by Crippen LogP contribution is 2.27. The van der Waals surface area contributed by atoms with Crippen LogP contribution in [0.5, 0.6) is 0 Å². The number of hydrogen-bond donors (Lipinski definition) is 0. The minimum absolute atomic E-state index is 0.177. The predicted molar refractivity (Wildman–Crippen MR) is 113 cm³/mol. The normalized spacial score (nSPS) is 16.4. The van der Waals surface area contributed by atoms with Crippen molar-refractivity contribution in [3.63, 3.8) is 0 Å². The minimum Gasteiger partial charge on any atom is -0.466 e. The topological polar surface area (TPSA) is 69.4 Å². The van der Waals surface area contributed by atoms with Crippen LogP contribution < -0.4 is 0 Å². The highest BCUT2D eigenvalue weighted by Gasteiger charge is 2.33. The van der Waals surface area contributed by atoms with Crippen molar-refractivity contribution < 1.29 is 18.7 Å². The molecule has 2 aromatic heterocycles. The molecule has 0 radical (unpaired) electrons. The lowest BCUT2D eigenvalue weighted by Crippen LogP contribution is -2.43. The van der Waals surface area contributed by atoms with Gasteiger partial charge in [-0.1, -0.05) is 0 Å². The summed E-state index contributed by atoms with van der Waals surface area (Å²) in [6.45, 7) is 4.78. The number of rotatable bonds is 5. The summed E-state index contributed by atoms with van der Waals surface area (Å²) in [4.78, 5) is 27.5. The lowest BCUT2D eigenvalue weighted by atomic mass is 9.97. The fourth-order valence-electron chi connectivity index (χ4n) is 4.01. The fraction of sp³-hybridized carbons (Fsp3) is 0.348. The molecule has 0 saturated carbocycles. The molecule has 7 nitrogen and oxygen atoms in total. The maximum absolute atomic E-state index is 13.6. The first kappa shape index (κ1) is 20.8. The van der Waals surface area contributed by atoms with Crippen LogP contribution in [0.4, 0.5) is 4.39 Å². The van der Waals surface area contributed by atoms with Gasteiger partial charge in [-0.3, -0.25) is 9.59 Å². The van der Waals surface area contributed by atoms with E-state index >= 15 is 0 Å². The van der Waals surface area contributed by atoms with Crippen molar-refractivity contribution in [2.45, 2.75) is 26.7 Å². The van der Waals surface area contributed by atoms with Crippen LogP contribution in [0.25, 0.3) is 11.5 Å². The Balaban J connectivity index is 1.73. The minimum atomic E-state index is -0.343. The van der Waals surface area contributed by atoms with Gasteiger partial charge >= 0.3 is 5.97 Å². The van der Waals surface area contributed by atoms with Crippen LogP contribution in [0.1, 0.15) is 35.8 Å². The molecule has 162 valence electrons. The van der Waals surface area contributed by atoms with E-state index in [0.717, 1.165) is 6.42 Å². The Labute approximate surface area is 180 Å². The van der Waals surface area contributed by atoms with Crippen molar-refractivity contribution in [3.05, 3.63) is 65.9 Å². The Morgan fingerprint density at radius 1 is 1.19 bits per heavy atom. The van der Waals surface area contributed by atoms with Gasteiger partial charge in [-0.2, -0.15) is 5.10 Å². The standard InChI is InChI=1S/C23H25FN4O3/c1-3-31-23(30)17-7-6-14-27(15-17)22(29)20-16(2)25-28(19-10-8-18(24)9-11-19)21(20)26-12-4-5-13-26/h4-5,8-13,17H,3,6-7,14-15H2,1-2H3/t17-/m0/s1. The molecule has 8 heteroatoms. The molecule has 1 aliphatic rings. The zero-order valence-corrected chi connectivity index (χ0v) is 17.6. The first-order valence-electron chi connectivity index (χ1n) is 10.4. The quantitative estimate of drug-likeness (QED) is 0.588. The van der Waals surface area contributed by atoms with Crippen LogP contribution in [0.15, 0.2) is 48.8 Å². The van der Waals surface area contributed by atoms with Crippen LogP contribution in [0, 0.1) is 18.7 Å². The highest BCUT2D eigenvalue weighted by molar-refractivity contribution is 5.99. The van der Waals surface area contributed by atoms with Gasteiger partial charge in [-0.05, 0) is 63.1 Å². The number of piperidine rings is 1. The van der Waals surface area contributed by atoms with E-state index in [-0.39, 0.29) is 23.6 Å². The molecule has 1 fully saturated rings. The summed E-state index contributed by atoms with van der Waals surface area (Å²) in [5.41, 5.74) is 1.68. The van der Waals surface area contributed by atoms with E-state index < -0.39 is 0 Å². The summed E-state index contributed by atoms with van der Waals surface area (Å²) in [6.07, 6.45) is 5.12. The monoisotopic (exact) mass is 424 g/mol. The van der Waals surface area contributed by atoms with Gasteiger partial charge in [0.05, 0.1) is 23.9 Å². The van der Waals surface area contributed by atoms with Gasteiger partial charge in [0.25, 0.3) is 5.91 Å². The van der Waals surface area contributed by atoms with Gasteiger partial charge in [0.15, 0.2) is 5.82 Å². The van der Waals surface area contributed by atoms with Crippen molar-refractivity contribution in [1.82, 2.24) is 19.2 Å². The Bertz CT molecular complexity index is 1070. The van der Waals surface area contributed by atoms with Crippen LogP contribution in [-0.2, 0) is 9.53 Å². The SMILES string of the molecule is CCOC(=O)[C@H]1CCCN(C(=O)c2c(C)nn(-c3ccc(F)cc3)c2-n2cccc2)C1. The summed E-state index contributed by atoms with van der Waals surface area (Å²) < 4.78 is 22.1. The van der Waals surface area contributed by atoms with E-state index in [1.165, 1.54) is 12.1 Å². The maximum Gasteiger partial charge on any atom is 0.310 e. The zero-order chi connectivity index (χ0) is 22.0. The van der Waals surface area contributed by atoms with Crippen molar-refractivity contribution >= 4 is 11.9 Å². The third-order valence-corrected chi connectivity index (χ3v) is 5.50. The third kappa shape index (κ3) is 4.10. The van der Waals surface area contributed by atoms with Gasteiger partial charge in [0.1, 0.15) is 11.4 Å². The van der Waals surface area contributed by atoms with Gasteiger partial charge in [-0.25, -0.2) is 9.07 Å². The van der Waals surface area contributed by atoms with E-state index in [4.69, 9.17) is 4.74 Å². The molecule has 1 amide bonds. The molecular formula is C23H25FN4O3. The van der Waals surface area contributed by atoms with E-state index in [1.54, 1.807) is 35.6 Å². The number of amides is 1. The molecule has 0 N–H and O–H groups in total. The largest absolute Gasteiger partial charge is 0.466 e. The smallest absolute Gasteiger partial charge is 0.310 e. The Kier molecular flexibility index (Phi) is 5.88. The lowest BCUT2D eigenvalue weighted by Gasteiger charge is -2.31. The molecule has 0 unspecified atom stereocenters. The molecule has 3 heterocycles. The second-order valence-electron chi connectivity index (χ2n) is 7.60. The zero-order valence-electron chi connectivity index (χ0n) is 17.6. The Morgan fingerprint density at radius 2 is 1.90 bits per heavy atom. The van der Waals surface area contributed by atoms with Crippen molar-refractivity contribution in [2.75, 3.05) is 19.7 Å². The van der Waals surface area contributed by atoms with Crippen molar-refractivity contribution in [1.29, 1.82) is 0 Å². The summed E-state index contributed by atoms with van der Waals surface area (Å²) in [5, 5.41) is 4.60. The van der Waals surface area contributed by atoms with Crippen LogP contribution in [-0.4, -0.2) is 50.8 Å².